The molecule has 21 heavy (non-hydrogen) atoms. The van der Waals surface area contributed by atoms with E-state index in [1.807, 2.05) is 0 Å². The van der Waals surface area contributed by atoms with Gasteiger partial charge < -0.3 is 4.79 Å². The van der Waals surface area contributed by atoms with E-state index in [2.05, 4.69) is 9.97 Å². The van der Waals surface area contributed by atoms with Crippen LogP contribution in [0.2, 0.25) is 0 Å². The molecule has 2 aromatic heterocycles. The zero-order chi connectivity index (χ0) is 14.8. The molecule has 3 aromatic rings. The molecule has 0 saturated carbocycles. The first kappa shape index (κ1) is 13.3. The van der Waals surface area contributed by atoms with Crippen LogP contribution in [0.5, 0.6) is 0 Å². The number of halogens is 2. The lowest BCUT2D eigenvalue weighted by atomic mass is 10.0. The number of nitrogens with zero attached hydrogens (tertiary/aromatic N) is 2. The van der Waals surface area contributed by atoms with Crippen LogP contribution in [-0.4, -0.2) is 16.3 Å². The Bertz CT molecular complexity index is 834. The fourth-order valence-corrected chi connectivity index (χ4v) is 2.23. The summed E-state index contributed by atoms with van der Waals surface area (Å²) in [6.07, 6.45) is 3.41. The Morgan fingerprint density at radius 3 is 2.67 bits per heavy atom. The number of rotatable bonds is 3. The van der Waals surface area contributed by atoms with Gasteiger partial charge in [0.2, 0.25) is 0 Å². The summed E-state index contributed by atoms with van der Waals surface area (Å²) >= 11 is 0. The molecule has 0 unspecified atom stereocenters. The third-order valence-corrected chi connectivity index (χ3v) is 3.15. The lowest BCUT2D eigenvalue weighted by Crippen LogP contribution is -1.97. The van der Waals surface area contributed by atoms with Crippen molar-refractivity contribution in [3.05, 3.63) is 60.1 Å². The zero-order valence-electron chi connectivity index (χ0n) is 10.9. The lowest BCUT2D eigenvalue weighted by molar-refractivity contribution is -0.107. The zero-order valence-corrected chi connectivity index (χ0v) is 10.9. The standard InChI is InChI=1S/C16H10F2N2O/c17-12-1-2-15-10(5-12)7-14(16(20-15)3-4-21)11-6-13(18)9-19-8-11/h1-2,4-9H,3H2. The monoisotopic (exact) mass is 284 g/mol. The fourth-order valence-electron chi connectivity index (χ4n) is 2.23. The van der Waals surface area contributed by atoms with Crippen LogP contribution in [0.3, 0.4) is 0 Å². The molecular weight excluding hydrogens is 274 g/mol. The van der Waals surface area contributed by atoms with Crippen molar-refractivity contribution in [1.82, 2.24) is 9.97 Å². The molecule has 0 aliphatic rings. The molecule has 0 aliphatic heterocycles. The molecule has 0 fully saturated rings. The molecule has 104 valence electrons. The fraction of sp³-hybridized carbons (Fsp3) is 0.0625. The van der Waals surface area contributed by atoms with Gasteiger partial charge in [-0.3, -0.25) is 9.97 Å². The van der Waals surface area contributed by atoms with E-state index in [0.717, 1.165) is 12.5 Å². The summed E-state index contributed by atoms with van der Waals surface area (Å²) in [6.45, 7) is 0. The van der Waals surface area contributed by atoms with Crippen LogP contribution in [0.4, 0.5) is 8.78 Å². The molecule has 0 saturated heterocycles. The number of carbonyl (C=O) groups excluding carboxylic acids is 1. The maximum atomic E-state index is 13.3. The summed E-state index contributed by atoms with van der Waals surface area (Å²) < 4.78 is 26.7. The smallest absolute Gasteiger partial charge is 0.142 e. The Kier molecular flexibility index (Phi) is 3.39. The number of pyridine rings is 2. The summed E-state index contributed by atoms with van der Waals surface area (Å²) in [6, 6.07) is 7.21. The topological polar surface area (TPSA) is 42.9 Å². The second-order valence-electron chi connectivity index (χ2n) is 4.58. The van der Waals surface area contributed by atoms with Gasteiger partial charge in [0.25, 0.3) is 0 Å². The highest BCUT2D eigenvalue weighted by molar-refractivity contribution is 5.85. The number of aldehydes is 1. The minimum Gasteiger partial charge on any atom is -0.303 e. The molecule has 0 amide bonds. The Morgan fingerprint density at radius 2 is 1.90 bits per heavy atom. The van der Waals surface area contributed by atoms with Crippen molar-refractivity contribution in [2.75, 3.05) is 0 Å². The Balaban J connectivity index is 2.27. The van der Waals surface area contributed by atoms with Crippen LogP contribution >= 0.6 is 0 Å². The van der Waals surface area contributed by atoms with Crippen LogP contribution in [0.1, 0.15) is 5.69 Å². The summed E-state index contributed by atoms with van der Waals surface area (Å²) in [7, 11) is 0. The summed E-state index contributed by atoms with van der Waals surface area (Å²) in [4.78, 5) is 19.0. The number of carbonyl (C=O) groups is 1. The van der Waals surface area contributed by atoms with Gasteiger partial charge in [-0.15, -0.1) is 0 Å². The molecule has 2 heterocycles. The summed E-state index contributed by atoms with van der Waals surface area (Å²) in [5.41, 5.74) is 2.18. The maximum Gasteiger partial charge on any atom is 0.142 e. The van der Waals surface area contributed by atoms with Crippen LogP contribution in [0, 0.1) is 11.6 Å². The molecule has 0 N–H and O–H groups in total. The predicted octanol–water partition coefficient (Wildman–Crippen LogP) is 3.32. The molecule has 1 aromatic carbocycles. The van der Waals surface area contributed by atoms with E-state index >= 15 is 0 Å². The molecular formula is C16H10F2N2O. The van der Waals surface area contributed by atoms with Gasteiger partial charge >= 0.3 is 0 Å². The Labute approximate surface area is 119 Å². The van der Waals surface area contributed by atoms with Gasteiger partial charge in [0, 0.05) is 29.1 Å². The van der Waals surface area contributed by atoms with E-state index in [1.54, 1.807) is 12.1 Å². The van der Waals surface area contributed by atoms with Crippen molar-refractivity contribution in [3.63, 3.8) is 0 Å². The van der Waals surface area contributed by atoms with Crippen LogP contribution in [-0.2, 0) is 11.2 Å². The minimum absolute atomic E-state index is 0.0964. The first-order chi connectivity index (χ1) is 10.2. The average Bonchev–Trinajstić information content (AvgIpc) is 2.47. The van der Waals surface area contributed by atoms with Gasteiger partial charge in [0.05, 0.1) is 17.4 Å². The van der Waals surface area contributed by atoms with Gasteiger partial charge in [-0.05, 0) is 30.3 Å². The number of hydrogen-bond donors (Lipinski definition) is 0. The molecule has 3 nitrogen and oxygen atoms in total. The van der Waals surface area contributed by atoms with Crippen molar-refractivity contribution in [2.45, 2.75) is 6.42 Å². The normalized spacial score (nSPS) is 10.8. The lowest BCUT2D eigenvalue weighted by Gasteiger charge is -2.09. The average molecular weight is 284 g/mol. The molecule has 0 radical (unpaired) electrons. The molecule has 0 atom stereocenters. The molecule has 5 heteroatoms. The predicted molar refractivity (Wildman–Crippen MR) is 74.7 cm³/mol. The number of hydrogen-bond acceptors (Lipinski definition) is 3. The highest BCUT2D eigenvalue weighted by Crippen LogP contribution is 2.27. The highest BCUT2D eigenvalue weighted by Gasteiger charge is 2.10. The quantitative estimate of drug-likeness (QED) is 0.693. The molecule has 0 aliphatic carbocycles. The molecule has 0 bridgehead atoms. The van der Waals surface area contributed by atoms with Gasteiger partial charge in [-0.25, -0.2) is 8.78 Å². The molecule has 3 rings (SSSR count). The SMILES string of the molecule is O=CCc1nc2ccc(F)cc2cc1-c1cncc(F)c1. The van der Waals surface area contributed by atoms with E-state index in [-0.39, 0.29) is 12.2 Å². The van der Waals surface area contributed by atoms with Crippen LogP contribution in [0.25, 0.3) is 22.0 Å². The van der Waals surface area contributed by atoms with Gasteiger partial charge in [-0.1, -0.05) is 0 Å². The van der Waals surface area contributed by atoms with Crippen LogP contribution < -0.4 is 0 Å². The second kappa shape index (κ2) is 5.36. The van der Waals surface area contributed by atoms with E-state index in [1.165, 1.54) is 24.4 Å². The van der Waals surface area contributed by atoms with Gasteiger partial charge in [0.1, 0.15) is 17.9 Å². The second-order valence-corrected chi connectivity index (χ2v) is 4.58. The maximum absolute atomic E-state index is 13.3. The minimum atomic E-state index is -0.483. The third kappa shape index (κ3) is 2.63. The van der Waals surface area contributed by atoms with Crippen LogP contribution in [0.15, 0.2) is 42.7 Å². The van der Waals surface area contributed by atoms with E-state index in [4.69, 9.17) is 0 Å². The van der Waals surface area contributed by atoms with E-state index in [0.29, 0.717) is 27.7 Å². The first-order valence-corrected chi connectivity index (χ1v) is 6.31. The number of aromatic nitrogens is 2. The third-order valence-electron chi connectivity index (χ3n) is 3.15. The highest BCUT2D eigenvalue weighted by atomic mass is 19.1. The molecule has 0 spiro atoms. The summed E-state index contributed by atoms with van der Waals surface area (Å²) in [5.74, 6) is -0.861. The van der Waals surface area contributed by atoms with Crippen molar-refractivity contribution in [2.24, 2.45) is 0 Å². The van der Waals surface area contributed by atoms with Gasteiger partial charge in [-0.2, -0.15) is 0 Å². The van der Waals surface area contributed by atoms with E-state index in [9.17, 15) is 13.6 Å². The number of benzene rings is 1. The van der Waals surface area contributed by atoms with Crippen molar-refractivity contribution in [1.29, 1.82) is 0 Å². The number of fused-ring (bicyclic) bond motifs is 1. The van der Waals surface area contributed by atoms with Crippen molar-refractivity contribution in [3.8, 4) is 11.1 Å². The Hall–Kier alpha value is -2.69. The van der Waals surface area contributed by atoms with E-state index < -0.39 is 5.82 Å². The Morgan fingerprint density at radius 1 is 1.05 bits per heavy atom. The van der Waals surface area contributed by atoms with Crippen molar-refractivity contribution >= 4 is 17.2 Å². The first-order valence-electron chi connectivity index (χ1n) is 6.31. The van der Waals surface area contributed by atoms with Crippen molar-refractivity contribution < 1.29 is 13.6 Å². The summed E-state index contributed by atoms with van der Waals surface area (Å²) in [5, 5.41) is 0.587. The van der Waals surface area contributed by atoms with Gasteiger partial charge in [0.15, 0.2) is 0 Å². The largest absolute Gasteiger partial charge is 0.303 e.